The highest BCUT2D eigenvalue weighted by Gasteiger charge is 2.48. The zero-order valence-corrected chi connectivity index (χ0v) is 20.2. The van der Waals surface area contributed by atoms with E-state index in [1.165, 1.54) is 7.11 Å². The molecule has 0 aromatic heterocycles. The van der Waals surface area contributed by atoms with Gasteiger partial charge in [-0.1, -0.05) is 12.1 Å². The number of benzene rings is 2. The predicted octanol–water partition coefficient (Wildman–Crippen LogP) is 2.00. The van der Waals surface area contributed by atoms with Crippen LogP contribution < -0.4 is 10.5 Å². The Morgan fingerprint density at radius 3 is 2.58 bits per heavy atom. The van der Waals surface area contributed by atoms with Crippen LogP contribution >= 0.6 is 0 Å². The maximum Gasteiger partial charge on any atom is 0.198 e. The van der Waals surface area contributed by atoms with E-state index >= 15 is 0 Å². The SMILES string of the molecule is COc1cccc2c1C(=N)c1c(O)c3c(c(O)c1C2=O)CC(CCO)CC3.NC1CC(O)OC2CC12. The number of hydrogen-bond acceptors (Lipinski definition) is 9. The smallest absolute Gasteiger partial charge is 0.198 e. The molecule has 5 atom stereocenters. The van der Waals surface area contributed by atoms with Crippen molar-refractivity contribution in [3.8, 4) is 17.2 Å². The molecule has 9 heteroatoms. The van der Waals surface area contributed by atoms with E-state index < -0.39 is 12.1 Å². The monoisotopic (exact) mass is 496 g/mol. The van der Waals surface area contributed by atoms with Crippen molar-refractivity contribution in [2.75, 3.05) is 13.7 Å². The fraction of sp³-hybridized carbons (Fsp3) is 0.481. The van der Waals surface area contributed by atoms with Crippen molar-refractivity contribution in [1.82, 2.24) is 0 Å². The van der Waals surface area contributed by atoms with Crippen LogP contribution in [0.25, 0.3) is 0 Å². The van der Waals surface area contributed by atoms with Crippen LogP contribution in [0.4, 0.5) is 0 Å². The van der Waals surface area contributed by atoms with Gasteiger partial charge in [0, 0.05) is 41.7 Å². The molecule has 192 valence electrons. The van der Waals surface area contributed by atoms with Gasteiger partial charge in [-0.05, 0) is 44.1 Å². The Morgan fingerprint density at radius 2 is 1.89 bits per heavy atom. The molecule has 1 saturated heterocycles. The van der Waals surface area contributed by atoms with Gasteiger partial charge in [0.1, 0.15) is 17.2 Å². The summed E-state index contributed by atoms with van der Waals surface area (Å²) < 4.78 is 10.4. The van der Waals surface area contributed by atoms with Crippen LogP contribution in [-0.2, 0) is 17.6 Å². The second-order valence-corrected chi connectivity index (χ2v) is 10.0. The molecular weight excluding hydrogens is 464 g/mol. The number of carbonyl (C=O) groups is 1. The first-order valence-corrected chi connectivity index (χ1v) is 12.4. The van der Waals surface area contributed by atoms with Gasteiger partial charge in [0.15, 0.2) is 12.1 Å². The highest BCUT2D eigenvalue weighted by molar-refractivity contribution is 6.32. The van der Waals surface area contributed by atoms with E-state index in [9.17, 15) is 20.1 Å². The normalized spacial score (nSPS) is 27.6. The number of rotatable bonds is 3. The van der Waals surface area contributed by atoms with E-state index in [2.05, 4.69) is 0 Å². The van der Waals surface area contributed by atoms with E-state index in [1.54, 1.807) is 18.2 Å². The van der Waals surface area contributed by atoms with Crippen molar-refractivity contribution in [2.24, 2.45) is 17.6 Å². The predicted molar refractivity (Wildman–Crippen MR) is 131 cm³/mol. The van der Waals surface area contributed by atoms with Gasteiger partial charge in [-0.15, -0.1) is 0 Å². The molecule has 1 saturated carbocycles. The molecule has 2 fully saturated rings. The Balaban J connectivity index is 0.000000247. The number of nitrogens with two attached hydrogens (primary N) is 1. The first-order chi connectivity index (χ1) is 17.3. The van der Waals surface area contributed by atoms with Gasteiger partial charge in [-0.3, -0.25) is 10.2 Å². The fourth-order valence-electron chi connectivity index (χ4n) is 5.82. The van der Waals surface area contributed by atoms with E-state index in [0.717, 1.165) is 12.8 Å². The number of nitrogens with one attached hydrogen (secondary N) is 1. The van der Waals surface area contributed by atoms with Gasteiger partial charge in [0.25, 0.3) is 0 Å². The van der Waals surface area contributed by atoms with Crippen molar-refractivity contribution in [3.05, 3.63) is 51.6 Å². The van der Waals surface area contributed by atoms with E-state index in [4.69, 9.17) is 25.7 Å². The molecule has 4 aliphatic rings. The molecule has 0 radical (unpaired) electrons. The average molecular weight is 497 g/mol. The highest BCUT2D eigenvalue weighted by atomic mass is 16.6. The second-order valence-electron chi connectivity index (χ2n) is 10.0. The third-order valence-corrected chi connectivity index (χ3v) is 7.84. The Bertz CT molecular complexity index is 1230. The molecule has 6 rings (SSSR count). The molecule has 5 unspecified atom stereocenters. The Morgan fingerprint density at radius 1 is 1.14 bits per heavy atom. The minimum atomic E-state index is -0.594. The number of hydrogen-bond donors (Lipinski definition) is 6. The first-order valence-electron chi connectivity index (χ1n) is 12.4. The number of methoxy groups -OCH3 is 1. The molecule has 0 spiro atoms. The molecule has 0 amide bonds. The summed E-state index contributed by atoms with van der Waals surface area (Å²) in [5.74, 6) is 0.453. The first kappa shape index (κ1) is 24.7. The molecule has 9 nitrogen and oxygen atoms in total. The van der Waals surface area contributed by atoms with E-state index in [1.807, 2.05) is 0 Å². The summed E-state index contributed by atoms with van der Waals surface area (Å²) in [5.41, 5.74) is 7.48. The number of ketones is 1. The lowest BCUT2D eigenvalue weighted by Crippen LogP contribution is -2.35. The highest BCUT2D eigenvalue weighted by Crippen LogP contribution is 2.47. The molecule has 2 aromatic carbocycles. The molecule has 1 heterocycles. The molecule has 2 aromatic rings. The van der Waals surface area contributed by atoms with Crippen LogP contribution in [0.2, 0.25) is 0 Å². The summed E-state index contributed by atoms with van der Waals surface area (Å²) in [6.45, 7) is 0.0639. The largest absolute Gasteiger partial charge is 0.507 e. The number of fused-ring (bicyclic) bond motifs is 4. The van der Waals surface area contributed by atoms with Gasteiger partial charge in [-0.2, -0.15) is 0 Å². The minimum Gasteiger partial charge on any atom is -0.507 e. The van der Waals surface area contributed by atoms with Crippen LogP contribution in [0, 0.1) is 17.2 Å². The second kappa shape index (κ2) is 9.48. The van der Waals surface area contributed by atoms with Crippen LogP contribution in [0.15, 0.2) is 18.2 Å². The zero-order valence-electron chi connectivity index (χ0n) is 20.2. The standard InChI is InChI=1S/C21H21NO5.C6H11NO2/c1-27-14-4-2-3-12-15(14)18(22)16-17(20(12)25)21(26)13-9-10(7-8-23)5-6-11(13)19(16)24;7-4-2-6(8)9-5-1-3(4)5/h2-4,10,22-24,26H,5-9H2,1H3;3-6,8H,1-2,7H2. The Labute approximate surface area is 209 Å². The van der Waals surface area contributed by atoms with Crippen LogP contribution in [0.1, 0.15) is 63.9 Å². The molecule has 36 heavy (non-hydrogen) atoms. The maximum atomic E-state index is 13.1. The Hall–Kier alpha value is -2.98. The number of ether oxygens (including phenoxy) is 2. The van der Waals surface area contributed by atoms with Crippen molar-refractivity contribution < 1.29 is 34.7 Å². The third-order valence-electron chi connectivity index (χ3n) is 7.84. The van der Waals surface area contributed by atoms with E-state index in [0.29, 0.717) is 54.0 Å². The van der Waals surface area contributed by atoms with Crippen molar-refractivity contribution in [2.45, 2.75) is 57.0 Å². The summed E-state index contributed by atoms with van der Waals surface area (Å²) in [6, 6.07) is 5.11. The molecular formula is C27H32N2O7. The van der Waals surface area contributed by atoms with Crippen molar-refractivity contribution in [3.63, 3.8) is 0 Å². The third kappa shape index (κ3) is 4.06. The van der Waals surface area contributed by atoms with Crippen molar-refractivity contribution in [1.29, 1.82) is 5.41 Å². The lowest BCUT2D eigenvalue weighted by Gasteiger charge is -2.30. The van der Waals surface area contributed by atoms with Crippen molar-refractivity contribution >= 4 is 11.5 Å². The van der Waals surface area contributed by atoms with Gasteiger partial charge in [-0.25, -0.2) is 0 Å². The number of phenols is 2. The van der Waals surface area contributed by atoms with Gasteiger partial charge in [0.05, 0.1) is 35.6 Å². The number of aliphatic hydroxyl groups excluding tert-OH is 2. The summed E-state index contributed by atoms with van der Waals surface area (Å²) in [5, 5.41) is 48.6. The molecule has 7 N–H and O–H groups in total. The summed E-state index contributed by atoms with van der Waals surface area (Å²) in [6.07, 6.45) is 3.77. The van der Waals surface area contributed by atoms with Crippen LogP contribution in [0.5, 0.6) is 17.2 Å². The minimum absolute atomic E-state index is 0.0124. The van der Waals surface area contributed by atoms with E-state index in [-0.39, 0.29) is 58.6 Å². The van der Waals surface area contributed by atoms with Gasteiger partial charge < -0.3 is 35.6 Å². The summed E-state index contributed by atoms with van der Waals surface area (Å²) >= 11 is 0. The Kier molecular flexibility index (Phi) is 6.50. The molecule has 0 bridgehead atoms. The van der Waals surface area contributed by atoms with Crippen LogP contribution in [-0.4, -0.2) is 64.1 Å². The summed E-state index contributed by atoms with van der Waals surface area (Å²) in [4.78, 5) is 13.1. The van der Waals surface area contributed by atoms with Gasteiger partial charge >= 0.3 is 0 Å². The quantitative estimate of drug-likeness (QED) is 0.300. The number of carbonyl (C=O) groups excluding carboxylic acids is 1. The number of phenolic OH excluding ortho intramolecular Hbond substituents is 2. The maximum absolute atomic E-state index is 13.1. The number of aromatic hydroxyl groups is 2. The lowest BCUT2D eigenvalue weighted by molar-refractivity contribution is -0.136. The summed E-state index contributed by atoms with van der Waals surface area (Å²) in [7, 11) is 1.47. The lowest BCUT2D eigenvalue weighted by atomic mass is 9.75. The zero-order chi connectivity index (χ0) is 25.7. The average Bonchev–Trinajstić information content (AvgIpc) is 3.65. The number of aliphatic hydroxyl groups is 2. The van der Waals surface area contributed by atoms with Crippen LogP contribution in [0.3, 0.4) is 0 Å². The van der Waals surface area contributed by atoms with Gasteiger partial charge in [0.2, 0.25) is 0 Å². The topological polar surface area (TPSA) is 166 Å². The molecule has 1 aliphatic heterocycles. The molecule has 3 aliphatic carbocycles. The fourth-order valence-corrected chi connectivity index (χ4v) is 5.82.